The van der Waals surface area contributed by atoms with Crippen LogP contribution in [0.2, 0.25) is 0 Å². The van der Waals surface area contributed by atoms with Gasteiger partial charge < -0.3 is 4.57 Å². The molecule has 0 saturated heterocycles. The molecule has 0 N–H and O–H groups in total. The molecule has 8 aromatic carbocycles. The van der Waals surface area contributed by atoms with E-state index in [9.17, 15) is 0 Å². The van der Waals surface area contributed by atoms with E-state index >= 15 is 0 Å². The maximum absolute atomic E-state index is 8.68. The summed E-state index contributed by atoms with van der Waals surface area (Å²) in [7, 11) is 0. The van der Waals surface area contributed by atoms with Gasteiger partial charge in [-0.15, -0.1) is 0 Å². The van der Waals surface area contributed by atoms with E-state index in [4.69, 9.17) is 36.5 Å². The Labute approximate surface area is 367 Å². The highest BCUT2D eigenvalue weighted by Crippen LogP contribution is 2.43. The van der Waals surface area contributed by atoms with Crippen LogP contribution in [-0.2, 0) is 0 Å². The largest absolute Gasteiger partial charge is 0.317 e. The molecule has 0 fully saturated rings. The van der Waals surface area contributed by atoms with Crippen molar-refractivity contribution in [1.82, 2.24) is 39.0 Å². The Hall–Kier alpha value is -9.13. The van der Waals surface area contributed by atoms with Gasteiger partial charge in [0.1, 0.15) is 0 Å². The highest BCUT2D eigenvalue weighted by molar-refractivity contribution is 6.24. The maximum Gasteiger partial charge on any atom is 0.238 e. The topological polar surface area (TPSA) is 91.6 Å². The first kappa shape index (κ1) is 36.7. The summed E-state index contributed by atoms with van der Waals surface area (Å²) >= 11 is 0. The van der Waals surface area contributed by atoms with Crippen molar-refractivity contribution in [3.05, 3.63) is 212 Å². The summed E-state index contributed by atoms with van der Waals surface area (Å²) in [6.07, 6.45) is 0. The summed E-state index contributed by atoms with van der Waals surface area (Å²) in [5, 5.41) is 4.17. The van der Waals surface area contributed by atoms with Gasteiger partial charge in [0, 0.05) is 49.4 Å². The molecule has 9 nitrogen and oxygen atoms in total. The van der Waals surface area contributed by atoms with Crippen LogP contribution in [0.15, 0.2) is 200 Å². The van der Waals surface area contributed by atoms with E-state index in [1.807, 2.05) is 152 Å². The number of fused-ring (bicyclic) bond motifs is 7. The number of para-hydroxylation sites is 2. The van der Waals surface area contributed by atoms with Crippen LogP contribution in [0.4, 0.5) is 5.69 Å². The quantitative estimate of drug-likeness (QED) is 0.149. The van der Waals surface area contributed by atoms with Crippen LogP contribution in [-0.4, -0.2) is 39.0 Å². The van der Waals surface area contributed by atoms with Gasteiger partial charge in [0.05, 0.1) is 34.3 Å². The third-order valence-electron chi connectivity index (χ3n) is 11.7. The van der Waals surface area contributed by atoms with Crippen molar-refractivity contribution in [2.45, 2.75) is 0 Å². The standard InChI is InChI=1S/C55H33N9/c1-56-44-34-39(54-58-50(35-18-6-2-7-19-35)57-51(59-54)36-20-8-3-9-21-36)30-33-47(44)63-45-28-16-14-26-40(45)42-31-32-43-41-27-15-17-29-46(41)64(49(43)48(42)63)55-61-52(37-22-10-4-11-23-37)60-53(62-55)38-24-12-5-13-25-38/h2-34H. The predicted octanol–water partition coefficient (Wildman–Crippen LogP) is 13.1. The molecular formula is C55H33N9. The van der Waals surface area contributed by atoms with E-state index in [1.165, 1.54) is 0 Å². The fourth-order valence-electron chi connectivity index (χ4n) is 8.73. The van der Waals surface area contributed by atoms with Gasteiger partial charge in [-0.2, -0.15) is 9.97 Å². The Kier molecular flexibility index (Phi) is 8.66. The first-order valence-electron chi connectivity index (χ1n) is 20.9. The molecule has 0 bridgehead atoms. The van der Waals surface area contributed by atoms with Crippen LogP contribution >= 0.6 is 0 Å². The second-order valence-electron chi connectivity index (χ2n) is 15.4. The molecule has 0 saturated carbocycles. The van der Waals surface area contributed by atoms with Crippen molar-refractivity contribution in [2.75, 3.05) is 0 Å². The van der Waals surface area contributed by atoms with Crippen molar-refractivity contribution in [3.8, 4) is 68.6 Å². The van der Waals surface area contributed by atoms with Gasteiger partial charge in [0.15, 0.2) is 29.1 Å². The van der Waals surface area contributed by atoms with Crippen LogP contribution in [0.3, 0.4) is 0 Å². The lowest BCUT2D eigenvalue weighted by molar-refractivity contribution is 0.953. The normalized spacial score (nSPS) is 11.4. The first-order chi connectivity index (χ1) is 31.7. The SMILES string of the molecule is [C-]#[N+]c1cc(-c2nc(-c3ccccc3)nc(-c3ccccc3)n2)ccc1-n1c2ccccc2c2ccc3c4ccccc4n(-c4nc(-c5ccccc5)nc(-c5ccccc5)n4)c3c21. The second kappa shape index (κ2) is 15.1. The summed E-state index contributed by atoms with van der Waals surface area (Å²) in [6, 6.07) is 66.9. The van der Waals surface area contributed by atoms with Gasteiger partial charge in [-0.1, -0.05) is 176 Å². The third kappa shape index (κ3) is 6.09. The number of rotatable bonds is 7. The average molecular weight is 820 g/mol. The number of hydrogen-bond donors (Lipinski definition) is 0. The average Bonchev–Trinajstić information content (AvgIpc) is 3.90. The van der Waals surface area contributed by atoms with Crippen molar-refractivity contribution in [1.29, 1.82) is 0 Å². The Bertz CT molecular complexity index is 3670. The molecule has 0 spiro atoms. The number of nitrogens with zero attached hydrogens (tertiary/aromatic N) is 9. The van der Waals surface area contributed by atoms with Gasteiger partial charge in [0.25, 0.3) is 0 Å². The molecule has 0 atom stereocenters. The summed E-state index contributed by atoms with van der Waals surface area (Å²) in [4.78, 5) is 34.5. The van der Waals surface area contributed by atoms with Crippen LogP contribution in [0, 0.1) is 6.57 Å². The number of benzene rings is 8. The zero-order chi connectivity index (χ0) is 42.6. The summed E-state index contributed by atoms with van der Waals surface area (Å²) < 4.78 is 4.38. The Morgan fingerprint density at radius 2 is 0.703 bits per heavy atom. The molecule has 9 heteroatoms. The fraction of sp³-hybridized carbons (Fsp3) is 0. The molecule has 0 amide bonds. The van der Waals surface area contributed by atoms with Crippen LogP contribution in [0.1, 0.15) is 0 Å². The summed E-state index contributed by atoms with van der Waals surface area (Å²) in [5.74, 6) is 3.21. The zero-order valence-electron chi connectivity index (χ0n) is 34.1. The van der Waals surface area contributed by atoms with Gasteiger partial charge >= 0.3 is 0 Å². The number of aromatic nitrogens is 8. The van der Waals surface area contributed by atoms with E-state index in [1.54, 1.807) is 0 Å². The predicted molar refractivity (Wildman–Crippen MR) is 255 cm³/mol. The van der Waals surface area contributed by atoms with Crippen LogP contribution < -0.4 is 0 Å². The smallest absolute Gasteiger partial charge is 0.238 e. The minimum atomic E-state index is 0.445. The van der Waals surface area contributed by atoms with E-state index < -0.39 is 0 Å². The lowest BCUT2D eigenvalue weighted by Gasteiger charge is -2.15. The molecule has 12 rings (SSSR count). The fourth-order valence-corrected chi connectivity index (χ4v) is 8.73. The highest BCUT2D eigenvalue weighted by atomic mass is 15.2. The van der Waals surface area contributed by atoms with Crippen molar-refractivity contribution in [3.63, 3.8) is 0 Å². The second-order valence-corrected chi connectivity index (χ2v) is 15.4. The van der Waals surface area contributed by atoms with E-state index in [2.05, 4.69) is 62.5 Å². The minimum absolute atomic E-state index is 0.445. The molecule has 0 aliphatic heterocycles. The van der Waals surface area contributed by atoms with Crippen molar-refractivity contribution < 1.29 is 0 Å². The molecule has 64 heavy (non-hydrogen) atoms. The van der Waals surface area contributed by atoms with Crippen LogP contribution in [0.25, 0.3) is 117 Å². The number of hydrogen-bond acceptors (Lipinski definition) is 6. The molecule has 0 radical (unpaired) electrons. The lowest BCUT2D eigenvalue weighted by Crippen LogP contribution is -2.07. The lowest BCUT2D eigenvalue weighted by atomic mass is 10.1. The first-order valence-corrected chi connectivity index (χ1v) is 20.9. The van der Waals surface area contributed by atoms with E-state index in [-0.39, 0.29) is 0 Å². The maximum atomic E-state index is 8.68. The van der Waals surface area contributed by atoms with Crippen molar-refractivity contribution in [2.24, 2.45) is 0 Å². The van der Waals surface area contributed by atoms with E-state index in [0.29, 0.717) is 46.3 Å². The monoisotopic (exact) mass is 819 g/mol. The Morgan fingerprint density at radius 3 is 1.16 bits per heavy atom. The molecule has 298 valence electrons. The van der Waals surface area contributed by atoms with Gasteiger partial charge in [-0.05, 0) is 24.3 Å². The molecule has 0 unspecified atom stereocenters. The van der Waals surface area contributed by atoms with Crippen molar-refractivity contribution >= 4 is 49.3 Å². The van der Waals surface area contributed by atoms with Gasteiger partial charge in [-0.25, -0.2) is 24.8 Å². The molecule has 4 aromatic heterocycles. The molecule has 0 aliphatic carbocycles. The summed E-state index contributed by atoms with van der Waals surface area (Å²) in [5.41, 5.74) is 9.14. The zero-order valence-corrected chi connectivity index (χ0v) is 34.1. The molecule has 4 heterocycles. The summed E-state index contributed by atoms with van der Waals surface area (Å²) in [6.45, 7) is 8.68. The van der Waals surface area contributed by atoms with Gasteiger partial charge in [-0.3, -0.25) is 4.57 Å². The minimum Gasteiger partial charge on any atom is -0.317 e. The molecular weight excluding hydrogens is 787 g/mol. The molecule has 0 aliphatic rings. The highest BCUT2D eigenvalue weighted by Gasteiger charge is 2.25. The van der Waals surface area contributed by atoms with Crippen LogP contribution in [0.5, 0.6) is 0 Å². The molecule has 12 aromatic rings. The van der Waals surface area contributed by atoms with Gasteiger partial charge in [0.2, 0.25) is 11.6 Å². The third-order valence-corrected chi connectivity index (χ3v) is 11.7. The Balaban J connectivity index is 1.13. The van der Waals surface area contributed by atoms with E-state index in [0.717, 1.165) is 71.6 Å². The Morgan fingerprint density at radius 1 is 0.328 bits per heavy atom.